The lowest BCUT2D eigenvalue weighted by Gasteiger charge is -2.41. The lowest BCUT2D eigenvalue weighted by Crippen LogP contribution is -2.55. The van der Waals surface area contributed by atoms with Crippen molar-refractivity contribution >= 4 is 39.5 Å². The van der Waals surface area contributed by atoms with Crippen molar-refractivity contribution < 1.29 is 18.3 Å². The third-order valence-electron chi connectivity index (χ3n) is 7.80. The van der Waals surface area contributed by atoms with Crippen LogP contribution < -0.4 is 9.64 Å². The van der Waals surface area contributed by atoms with Gasteiger partial charge in [0.05, 0.1) is 43.0 Å². The second-order valence-corrected chi connectivity index (χ2v) is 10.4. The fraction of sp³-hybridized carbons (Fsp3) is 0.176. The van der Waals surface area contributed by atoms with Crippen molar-refractivity contribution in [2.75, 3.05) is 31.6 Å². The number of pyridine rings is 1. The Hall–Kier alpha value is -5.94. The van der Waals surface area contributed by atoms with Crippen LogP contribution in [0.3, 0.4) is 0 Å². The second kappa shape index (κ2) is 12.3. The van der Waals surface area contributed by atoms with E-state index in [1.54, 1.807) is 54.6 Å². The normalized spacial score (nSPS) is 15.1. The standard InChI is InChI=1S/C34H25F2N7O2/c1-45-34-40-31-27(12-11-26(30(31)36)25-10-5-7-21-6-4-8-22(19-38)29(21)25)32(41-34)42-16-17-43(24(20-42)13-14-37)33(44)28(35)18-23-9-2-3-15-39-23/h2-12,15,18,24H,13,16-17,20H2,1H3/b28-18-. The van der Waals surface area contributed by atoms with Gasteiger partial charge in [0.2, 0.25) is 0 Å². The molecule has 45 heavy (non-hydrogen) atoms. The van der Waals surface area contributed by atoms with Gasteiger partial charge in [0.1, 0.15) is 11.3 Å². The second-order valence-electron chi connectivity index (χ2n) is 10.4. The van der Waals surface area contributed by atoms with E-state index in [9.17, 15) is 15.3 Å². The summed E-state index contributed by atoms with van der Waals surface area (Å²) >= 11 is 0. The molecular weight excluding hydrogens is 576 g/mol. The fourth-order valence-electron chi connectivity index (χ4n) is 5.71. The van der Waals surface area contributed by atoms with Crippen molar-refractivity contribution in [3.63, 3.8) is 0 Å². The summed E-state index contributed by atoms with van der Waals surface area (Å²) in [5, 5.41) is 21.1. The average Bonchev–Trinajstić information content (AvgIpc) is 3.08. The van der Waals surface area contributed by atoms with Gasteiger partial charge < -0.3 is 14.5 Å². The van der Waals surface area contributed by atoms with E-state index in [4.69, 9.17) is 4.74 Å². The number of amides is 1. The largest absolute Gasteiger partial charge is 0.467 e. The van der Waals surface area contributed by atoms with Crippen LogP contribution in [0.1, 0.15) is 17.7 Å². The highest BCUT2D eigenvalue weighted by atomic mass is 19.1. The zero-order chi connectivity index (χ0) is 31.5. The molecule has 1 aliphatic rings. The van der Waals surface area contributed by atoms with Crippen LogP contribution >= 0.6 is 0 Å². The summed E-state index contributed by atoms with van der Waals surface area (Å²) in [6, 6.07) is 22.6. The maximum Gasteiger partial charge on any atom is 0.318 e. The summed E-state index contributed by atoms with van der Waals surface area (Å²) in [5.41, 5.74) is 1.54. The number of halogens is 2. The highest BCUT2D eigenvalue weighted by Crippen LogP contribution is 2.38. The van der Waals surface area contributed by atoms with Crippen molar-refractivity contribution in [3.05, 3.63) is 95.8 Å². The molecule has 3 heterocycles. The van der Waals surface area contributed by atoms with Gasteiger partial charge in [0, 0.05) is 48.2 Å². The van der Waals surface area contributed by atoms with Crippen molar-refractivity contribution in [3.8, 4) is 29.3 Å². The zero-order valence-corrected chi connectivity index (χ0v) is 24.1. The van der Waals surface area contributed by atoms with Crippen LogP contribution in [0.2, 0.25) is 0 Å². The molecule has 1 saturated heterocycles. The maximum atomic E-state index is 16.4. The third-order valence-corrected chi connectivity index (χ3v) is 7.80. The van der Waals surface area contributed by atoms with E-state index in [1.807, 2.05) is 17.0 Å². The molecule has 1 atom stereocenters. The molecule has 0 bridgehead atoms. The summed E-state index contributed by atoms with van der Waals surface area (Å²) in [5.74, 6) is -2.08. The smallest absolute Gasteiger partial charge is 0.318 e. The number of ether oxygens (including phenoxy) is 1. The monoisotopic (exact) mass is 601 g/mol. The first-order chi connectivity index (χ1) is 21.9. The summed E-state index contributed by atoms with van der Waals surface area (Å²) in [6.07, 6.45) is 2.51. The van der Waals surface area contributed by atoms with E-state index < -0.39 is 23.6 Å². The van der Waals surface area contributed by atoms with Crippen LogP contribution in [-0.4, -0.2) is 58.5 Å². The Morgan fingerprint density at radius 3 is 2.60 bits per heavy atom. The number of benzene rings is 3. The van der Waals surface area contributed by atoms with Crippen LogP contribution in [0.4, 0.5) is 14.6 Å². The first kappa shape index (κ1) is 29.1. The Morgan fingerprint density at radius 2 is 1.87 bits per heavy atom. The Kier molecular flexibility index (Phi) is 8.00. The molecule has 0 aliphatic carbocycles. The van der Waals surface area contributed by atoms with Gasteiger partial charge in [-0.05, 0) is 35.2 Å². The van der Waals surface area contributed by atoms with E-state index in [-0.39, 0.29) is 43.1 Å². The number of rotatable bonds is 6. The minimum Gasteiger partial charge on any atom is -0.467 e. The number of carbonyl (C=O) groups excluding carboxylic acids is 1. The van der Waals surface area contributed by atoms with Crippen molar-refractivity contribution in [1.82, 2.24) is 19.9 Å². The fourth-order valence-corrected chi connectivity index (χ4v) is 5.71. The van der Waals surface area contributed by atoms with Gasteiger partial charge in [-0.3, -0.25) is 9.78 Å². The lowest BCUT2D eigenvalue weighted by molar-refractivity contribution is -0.131. The first-order valence-corrected chi connectivity index (χ1v) is 14.1. The molecule has 5 aromatic rings. The molecule has 1 aliphatic heterocycles. The molecule has 0 saturated carbocycles. The van der Waals surface area contributed by atoms with Gasteiger partial charge in [-0.1, -0.05) is 42.5 Å². The number of aromatic nitrogens is 3. The molecule has 11 heteroatoms. The topological polar surface area (TPSA) is 119 Å². The van der Waals surface area contributed by atoms with Crippen LogP contribution in [0.5, 0.6) is 6.01 Å². The van der Waals surface area contributed by atoms with E-state index in [1.165, 1.54) is 18.2 Å². The highest BCUT2D eigenvalue weighted by molar-refractivity contribution is 6.03. The van der Waals surface area contributed by atoms with Crippen LogP contribution in [0, 0.1) is 28.5 Å². The van der Waals surface area contributed by atoms with Crippen molar-refractivity contribution in [2.24, 2.45) is 0 Å². The van der Waals surface area contributed by atoms with Crippen molar-refractivity contribution in [2.45, 2.75) is 12.5 Å². The molecule has 1 fully saturated rings. The molecule has 1 unspecified atom stereocenters. The Balaban J connectivity index is 1.38. The molecular formula is C34H25F2N7O2. The number of hydrogen-bond acceptors (Lipinski definition) is 8. The van der Waals surface area contributed by atoms with Crippen LogP contribution in [-0.2, 0) is 4.79 Å². The number of nitriles is 2. The van der Waals surface area contributed by atoms with Gasteiger partial charge in [0.25, 0.3) is 5.91 Å². The van der Waals surface area contributed by atoms with E-state index in [2.05, 4.69) is 27.1 Å². The quantitative estimate of drug-likeness (QED) is 0.224. The molecule has 222 valence electrons. The number of anilines is 1. The first-order valence-electron chi connectivity index (χ1n) is 14.1. The third kappa shape index (κ3) is 5.48. The van der Waals surface area contributed by atoms with Gasteiger partial charge in [-0.2, -0.15) is 20.5 Å². The Labute approximate surface area is 257 Å². The highest BCUT2D eigenvalue weighted by Gasteiger charge is 2.34. The summed E-state index contributed by atoms with van der Waals surface area (Å²) in [6.45, 7) is 0.470. The van der Waals surface area contributed by atoms with Crippen LogP contribution in [0.25, 0.3) is 38.9 Å². The maximum absolute atomic E-state index is 16.4. The minimum absolute atomic E-state index is 0.0143. The Bertz CT molecular complexity index is 2050. The molecule has 9 nitrogen and oxygen atoms in total. The predicted molar refractivity (Wildman–Crippen MR) is 165 cm³/mol. The minimum atomic E-state index is -0.984. The Morgan fingerprint density at radius 1 is 1.04 bits per heavy atom. The number of fused-ring (bicyclic) bond motifs is 2. The van der Waals surface area contributed by atoms with Gasteiger partial charge in [-0.25, -0.2) is 8.78 Å². The average molecular weight is 602 g/mol. The molecule has 3 aromatic carbocycles. The summed E-state index contributed by atoms with van der Waals surface area (Å²) < 4.78 is 36.8. The van der Waals surface area contributed by atoms with Gasteiger partial charge in [-0.15, -0.1) is 0 Å². The number of carbonyl (C=O) groups is 1. The number of methoxy groups -OCH3 is 1. The molecule has 6 rings (SSSR count). The molecule has 0 radical (unpaired) electrons. The zero-order valence-electron chi connectivity index (χ0n) is 24.1. The van der Waals surface area contributed by atoms with E-state index in [0.29, 0.717) is 33.4 Å². The summed E-state index contributed by atoms with van der Waals surface area (Å²) in [4.78, 5) is 29.2. The van der Waals surface area contributed by atoms with E-state index >= 15 is 8.78 Å². The predicted octanol–water partition coefficient (Wildman–Crippen LogP) is 5.81. The van der Waals surface area contributed by atoms with Crippen LogP contribution in [0.15, 0.2) is 78.8 Å². The number of hydrogen-bond donors (Lipinski definition) is 0. The van der Waals surface area contributed by atoms with Gasteiger partial charge >= 0.3 is 6.01 Å². The lowest BCUT2D eigenvalue weighted by atomic mass is 9.94. The molecule has 1 amide bonds. The molecule has 0 N–H and O–H groups in total. The summed E-state index contributed by atoms with van der Waals surface area (Å²) in [7, 11) is 1.38. The SMILES string of the molecule is COc1nc(N2CCN(C(=O)/C(F)=C/c3ccccn3)C(CC#N)C2)c2ccc(-c3cccc4cccc(C#N)c34)c(F)c2n1. The number of nitrogens with zero attached hydrogens (tertiary/aromatic N) is 7. The van der Waals surface area contributed by atoms with Crippen molar-refractivity contribution in [1.29, 1.82) is 10.5 Å². The van der Waals surface area contributed by atoms with E-state index in [0.717, 1.165) is 11.5 Å². The number of piperazine rings is 1. The van der Waals surface area contributed by atoms with Gasteiger partial charge in [0.15, 0.2) is 11.6 Å². The molecule has 0 spiro atoms. The molecule has 2 aromatic heterocycles.